The number of allylic oxidation sites excluding steroid dienone is 2. The van der Waals surface area contributed by atoms with E-state index < -0.39 is 0 Å². The SMILES string of the molecule is COC1=CCCCC/C1=N/O. The van der Waals surface area contributed by atoms with E-state index in [4.69, 9.17) is 9.94 Å². The van der Waals surface area contributed by atoms with Crippen LogP contribution in [0, 0.1) is 0 Å². The second kappa shape index (κ2) is 4.01. The molecule has 0 aromatic rings. The molecular weight excluding hydrogens is 142 g/mol. The minimum atomic E-state index is 0.671. The molecule has 3 nitrogen and oxygen atoms in total. The highest BCUT2D eigenvalue weighted by molar-refractivity contribution is 5.98. The van der Waals surface area contributed by atoms with Crippen LogP contribution in [-0.2, 0) is 4.74 Å². The van der Waals surface area contributed by atoms with E-state index in [1.165, 1.54) is 0 Å². The van der Waals surface area contributed by atoms with Crippen LogP contribution in [0.25, 0.3) is 0 Å². The molecule has 0 aromatic heterocycles. The Morgan fingerprint density at radius 1 is 1.55 bits per heavy atom. The van der Waals surface area contributed by atoms with Crippen LogP contribution in [0.1, 0.15) is 25.7 Å². The molecule has 11 heavy (non-hydrogen) atoms. The second-order valence-electron chi connectivity index (χ2n) is 2.56. The van der Waals surface area contributed by atoms with Crippen molar-refractivity contribution >= 4 is 5.71 Å². The molecule has 0 radical (unpaired) electrons. The summed E-state index contributed by atoms with van der Waals surface area (Å²) in [4.78, 5) is 0. The Hall–Kier alpha value is -0.990. The third kappa shape index (κ3) is 1.97. The Labute approximate surface area is 66.4 Å². The molecule has 0 atom stereocenters. The van der Waals surface area contributed by atoms with E-state index in [2.05, 4.69) is 5.16 Å². The zero-order chi connectivity index (χ0) is 8.10. The van der Waals surface area contributed by atoms with Gasteiger partial charge >= 0.3 is 0 Å². The standard InChI is InChI=1S/C8H13NO2/c1-11-8-6-4-2-3-5-7(8)9-10/h6,10H,2-5H2,1H3/b9-7-. The summed E-state index contributed by atoms with van der Waals surface area (Å²) >= 11 is 0. The first-order chi connectivity index (χ1) is 5.38. The number of oxime groups is 1. The maximum absolute atomic E-state index is 8.58. The van der Waals surface area contributed by atoms with E-state index in [1.807, 2.05) is 6.08 Å². The van der Waals surface area contributed by atoms with Crippen LogP contribution < -0.4 is 0 Å². The average molecular weight is 155 g/mol. The molecule has 0 aromatic carbocycles. The molecule has 3 heteroatoms. The van der Waals surface area contributed by atoms with E-state index in [0.29, 0.717) is 5.71 Å². The largest absolute Gasteiger partial charge is 0.495 e. The van der Waals surface area contributed by atoms with Crippen molar-refractivity contribution in [2.24, 2.45) is 5.16 Å². The van der Waals surface area contributed by atoms with Crippen LogP contribution in [-0.4, -0.2) is 18.0 Å². The lowest BCUT2D eigenvalue weighted by Crippen LogP contribution is -2.03. The summed E-state index contributed by atoms with van der Waals surface area (Å²) in [5.74, 6) is 0.727. The Morgan fingerprint density at radius 2 is 2.36 bits per heavy atom. The molecule has 0 aliphatic heterocycles. The predicted molar refractivity (Wildman–Crippen MR) is 42.8 cm³/mol. The normalized spacial score (nSPS) is 22.6. The first kappa shape index (κ1) is 8.11. The lowest BCUT2D eigenvalue weighted by molar-refractivity contribution is 0.292. The van der Waals surface area contributed by atoms with Crippen LogP contribution in [0.4, 0.5) is 0 Å². The van der Waals surface area contributed by atoms with E-state index in [-0.39, 0.29) is 0 Å². The molecule has 0 saturated heterocycles. The molecule has 0 bridgehead atoms. The van der Waals surface area contributed by atoms with Crippen LogP contribution in [0.3, 0.4) is 0 Å². The molecule has 0 heterocycles. The molecule has 0 amide bonds. The van der Waals surface area contributed by atoms with Crippen molar-refractivity contribution in [3.63, 3.8) is 0 Å². The third-order valence-corrected chi connectivity index (χ3v) is 1.82. The zero-order valence-electron chi connectivity index (χ0n) is 6.71. The molecule has 0 saturated carbocycles. The average Bonchev–Trinajstić information content (AvgIpc) is 2.27. The molecule has 0 fully saturated rings. The number of nitrogens with zero attached hydrogens (tertiary/aromatic N) is 1. The lowest BCUT2D eigenvalue weighted by Gasteiger charge is -2.03. The van der Waals surface area contributed by atoms with Gasteiger partial charge in [-0.1, -0.05) is 5.16 Å². The summed E-state index contributed by atoms with van der Waals surface area (Å²) in [7, 11) is 1.60. The summed E-state index contributed by atoms with van der Waals surface area (Å²) in [6.07, 6.45) is 6.02. The van der Waals surface area contributed by atoms with E-state index in [0.717, 1.165) is 31.4 Å². The number of rotatable bonds is 1. The van der Waals surface area contributed by atoms with Crippen LogP contribution in [0.5, 0.6) is 0 Å². The van der Waals surface area contributed by atoms with E-state index >= 15 is 0 Å². The van der Waals surface area contributed by atoms with Crippen molar-refractivity contribution in [3.8, 4) is 0 Å². The minimum Gasteiger partial charge on any atom is -0.495 e. The molecular formula is C8H13NO2. The summed E-state index contributed by atoms with van der Waals surface area (Å²) < 4.78 is 5.04. The zero-order valence-corrected chi connectivity index (χ0v) is 6.71. The van der Waals surface area contributed by atoms with Gasteiger partial charge in [0.25, 0.3) is 0 Å². The minimum absolute atomic E-state index is 0.671. The quantitative estimate of drug-likeness (QED) is 0.464. The fourth-order valence-corrected chi connectivity index (χ4v) is 1.21. The van der Waals surface area contributed by atoms with Crippen molar-refractivity contribution in [1.29, 1.82) is 0 Å². The maximum Gasteiger partial charge on any atom is 0.139 e. The van der Waals surface area contributed by atoms with Gasteiger partial charge < -0.3 is 9.94 Å². The maximum atomic E-state index is 8.58. The van der Waals surface area contributed by atoms with E-state index in [9.17, 15) is 0 Å². The molecule has 1 rings (SSSR count). The van der Waals surface area contributed by atoms with Gasteiger partial charge in [-0.2, -0.15) is 0 Å². The first-order valence-corrected chi connectivity index (χ1v) is 3.84. The Morgan fingerprint density at radius 3 is 3.00 bits per heavy atom. The van der Waals surface area contributed by atoms with Gasteiger partial charge in [0.15, 0.2) is 0 Å². The molecule has 1 N–H and O–H groups in total. The van der Waals surface area contributed by atoms with Crippen molar-refractivity contribution in [3.05, 3.63) is 11.8 Å². The monoisotopic (exact) mass is 155 g/mol. The number of hydrogen-bond donors (Lipinski definition) is 1. The van der Waals surface area contributed by atoms with Gasteiger partial charge in [-0.3, -0.25) is 0 Å². The molecule has 0 spiro atoms. The van der Waals surface area contributed by atoms with Gasteiger partial charge in [0.05, 0.1) is 7.11 Å². The molecule has 1 aliphatic carbocycles. The van der Waals surface area contributed by atoms with Crippen molar-refractivity contribution in [2.45, 2.75) is 25.7 Å². The van der Waals surface area contributed by atoms with Crippen molar-refractivity contribution in [2.75, 3.05) is 7.11 Å². The second-order valence-corrected chi connectivity index (χ2v) is 2.56. The van der Waals surface area contributed by atoms with Gasteiger partial charge in [0.1, 0.15) is 11.5 Å². The lowest BCUT2D eigenvalue weighted by atomic mass is 10.2. The predicted octanol–water partition coefficient (Wildman–Crippen LogP) is 1.92. The summed E-state index contributed by atoms with van der Waals surface area (Å²) in [6, 6.07) is 0. The number of methoxy groups -OCH3 is 1. The number of ether oxygens (including phenoxy) is 1. The highest BCUT2D eigenvalue weighted by atomic mass is 16.5. The van der Waals surface area contributed by atoms with E-state index in [1.54, 1.807) is 7.11 Å². The van der Waals surface area contributed by atoms with Gasteiger partial charge in [-0.25, -0.2) is 0 Å². The highest BCUT2D eigenvalue weighted by Crippen LogP contribution is 2.15. The Bertz CT molecular complexity index is 185. The number of hydrogen-bond acceptors (Lipinski definition) is 3. The van der Waals surface area contributed by atoms with Crippen LogP contribution in [0.2, 0.25) is 0 Å². The van der Waals surface area contributed by atoms with Gasteiger partial charge in [0, 0.05) is 0 Å². The topological polar surface area (TPSA) is 41.8 Å². The van der Waals surface area contributed by atoms with Crippen LogP contribution in [0.15, 0.2) is 17.0 Å². The first-order valence-electron chi connectivity index (χ1n) is 3.84. The highest BCUT2D eigenvalue weighted by Gasteiger charge is 2.10. The smallest absolute Gasteiger partial charge is 0.139 e. The van der Waals surface area contributed by atoms with Gasteiger partial charge in [-0.05, 0) is 31.8 Å². The summed E-state index contributed by atoms with van der Waals surface area (Å²) in [5, 5.41) is 11.8. The fraction of sp³-hybridized carbons (Fsp3) is 0.625. The third-order valence-electron chi connectivity index (χ3n) is 1.82. The Kier molecular flexibility index (Phi) is 2.95. The Balaban J connectivity index is 2.73. The molecule has 62 valence electrons. The molecule has 1 aliphatic rings. The fourth-order valence-electron chi connectivity index (χ4n) is 1.21. The van der Waals surface area contributed by atoms with Gasteiger partial charge in [0.2, 0.25) is 0 Å². The van der Waals surface area contributed by atoms with Gasteiger partial charge in [-0.15, -0.1) is 0 Å². The summed E-state index contributed by atoms with van der Waals surface area (Å²) in [6.45, 7) is 0. The van der Waals surface area contributed by atoms with Crippen molar-refractivity contribution in [1.82, 2.24) is 0 Å². The molecule has 0 unspecified atom stereocenters. The van der Waals surface area contributed by atoms with Crippen LogP contribution >= 0.6 is 0 Å². The van der Waals surface area contributed by atoms with Crippen molar-refractivity contribution < 1.29 is 9.94 Å². The summed E-state index contributed by atoms with van der Waals surface area (Å²) in [5.41, 5.74) is 0.671.